The molecule has 0 spiro atoms. The van der Waals surface area contributed by atoms with Crippen LogP contribution in [0, 0.1) is 5.82 Å². The Labute approximate surface area is 171 Å². The maximum absolute atomic E-state index is 13.7. The molecular weight excluding hydrogens is 444 g/mol. The van der Waals surface area contributed by atoms with Gasteiger partial charge in [-0.05, 0) is 18.2 Å². The van der Waals surface area contributed by atoms with Crippen molar-refractivity contribution in [1.29, 1.82) is 0 Å². The molecule has 1 aliphatic rings. The smallest absolute Gasteiger partial charge is 0.193 e. The van der Waals surface area contributed by atoms with Crippen LogP contribution >= 0.6 is 24.0 Å². The molecule has 0 unspecified atom stereocenters. The number of guanidine groups is 1. The predicted octanol–water partition coefficient (Wildman–Crippen LogP) is 4.06. The first-order chi connectivity index (χ1) is 12.3. The minimum Gasteiger partial charge on any atom is -0.490 e. The van der Waals surface area contributed by atoms with E-state index in [-0.39, 0.29) is 35.9 Å². The van der Waals surface area contributed by atoms with Gasteiger partial charge in [-0.15, -0.1) is 24.0 Å². The molecule has 0 saturated carbocycles. The van der Waals surface area contributed by atoms with Gasteiger partial charge in [0.1, 0.15) is 17.7 Å². The molecule has 0 aromatic heterocycles. The average molecular weight is 469 g/mol. The molecule has 0 aliphatic carbocycles. The van der Waals surface area contributed by atoms with Crippen LogP contribution < -0.4 is 10.1 Å². The Morgan fingerprint density at radius 2 is 1.77 bits per heavy atom. The van der Waals surface area contributed by atoms with Crippen LogP contribution in [0.15, 0.2) is 59.6 Å². The zero-order valence-corrected chi connectivity index (χ0v) is 17.2. The summed E-state index contributed by atoms with van der Waals surface area (Å²) in [6, 6.07) is 16.7. The standard InChI is InChI=1S/C20H24FN3O.HI/c1-22-20(23-15-16-7-5-6-10-19(16)21)24-13-11-18(12-14-24)25-17-8-3-2-4-9-17;/h2-10,18H,11-15H2,1H3,(H,22,23);1H. The zero-order valence-electron chi connectivity index (χ0n) is 14.9. The van der Waals surface area contributed by atoms with Crippen LogP contribution in [-0.2, 0) is 6.54 Å². The number of benzene rings is 2. The highest BCUT2D eigenvalue weighted by atomic mass is 127. The maximum atomic E-state index is 13.7. The summed E-state index contributed by atoms with van der Waals surface area (Å²) in [4.78, 5) is 6.53. The van der Waals surface area contributed by atoms with Crippen molar-refractivity contribution in [3.05, 3.63) is 66.0 Å². The SMILES string of the molecule is CN=C(NCc1ccccc1F)N1CCC(Oc2ccccc2)CC1.I. The number of hydrogen-bond donors (Lipinski definition) is 1. The summed E-state index contributed by atoms with van der Waals surface area (Å²) in [6.45, 7) is 2.17. The number of halogens is 2. The van der Waals surface area contributed by atoms with E-state index in [1.807, 2.05) is 36.4 Å². The highest BCUT2D eigenvalue weighted by Crippen LogP contribution is 2.18. The van der Waals surface area contributed by atoms with Gasteiger partial charge in [-0.1, -0.05) is 36.4 Å². The maximum Gasteiger partial charge on any atom is 0.193 e. The molecule has 2 aromatic carbocycles. The number of likely N-dealkylation sites (tertiary alicyclic amines) is 1. The third-order valence-electron chi connectivity index (χ3n) is 4.39. The first kappa shape index (κ1) is 20.5. The fourth-order valence-corrected chi connectivity index (χ4v) is 3.03. The van der Waals surface area contributed by atoms with Gasteiger partial charge in [-0.2, -0.15) is 0 Å². The summed E-state index contributed by atoms with van der Waals surface area (Å²) in [5.41, 5.74) is 0.644. The number of para-hydroxylation sites is 1. The third kappa shape index (κ3) is 5.59. The second-order valence-corrected chi connectivity index (χ2v) is 6.11. The number of ether oxygens (including phenoxy) is 1. The van der Waals surface area contributed by atoms with Crippen molar-refractivity contribution < 1.29 is 9.13 Å². The molecule has 1 fully saturated rings. The van der Waals surface area contributed by atoms with Crippen molar-refractivity contribution in [2.75, 3.05) is 20.1 Å². The number of nitrogens with zero attached hydrogens (tertiary/aromatic N) is 2. The summed E-state index contributed by atoms with van der Waals surface area (Å²) >= 11 is 0. The van der Waals surface area contributed by atoms with E-state index in [1.165, 1.54) is 6.07 Å². The molecule has 4 nitrogen and oxygen atoms in total. The van der Waals surface area contributed by atoms with Gasteiger partial charge in [-0.25, -0.2) is 4.39 Å². The van der Waals surface area contributed by atoms with Gasteiger partial charge in [0.15, 0.2) is 5.96 Å². The predicted molar refractivity (Wildman–Crippen MR) is 114 cm³/mol. The molecule has 0 radical (unpaired) electrons. The summed E-state index contributed by atoms with van der Waals surface area (Å²) in [5, 5.41) is 3.26. The van der Waals surface area contributed by atoms with E-state index in [2.05, 4.69) is 15.2 Å². The van der Waals surface area contributed by atoms with Crippen LogP contribution in [0.4, 0.5) is 4.39 Å². The zero-order chi connectivity index (χ0) is 17.5. The molecule has 1 N–H and O–H groups in total. The van der Waals surface area contributed by atoms with Crippen LogP contribution in [0.2, 0.25) is 0 Å². The van der Waals surface area contributed by atoms with Crippen molar-refractivity contribution in [1.82, 2.24) is 10.2 Å². The van der Waals surface area contributed by atoms with E-state index in [9.17, 15) is 4.39 Å². The van der Waals surface area contributed by atoms with Gasteiger partial charge in [0, 0.05) is 45.1 Å². The van der Waals surface area contributed by atoms with E-state index >= 15 is 0 Å². The summed E-state index contributed by atoms with van der Waals surface area (Å²) in [6.07, 6.45) is 2.10. The molecule has 1 saturated heterocycles. The second-order valence-electron chi connectivity index (χ2n) is 6.11. The number of aliphatic imine (C=N–C) groups is 1. The minimum absolute atomic E-state index is 0. The molecular formula is C20H25FIN3O. The van der Waals surface area contributed by atoms with Crippen LogP contribution in [0.25, 0.3) is 0 Å². The fourth-order valence-electron chi connectivity index (χ4n) is 3.03. The largest absolute Gasteiger partial charge is 0.490 e. The number of nitrogens with one attached hydrogen (secondary N) is 1. The van der Waals surface area contributed by atoms with Crippen molar-refractivity contribution in [3.63, 3.8) is 0 Å². The van der Waals surface area contributed by atoms with E-state index in [4.69, 9.17) is 4.74 Å². The molecule has 2 aromatic rings. The minimum atomic E-state index is -0.194. The molecule has 1 heterocycles. The average Bonchev–Trinajstić information content (AvgIpc) is 2.66. The van der Waals surface area contributed by atoms with E-state index < -0.39 is 0 Å². The van der Waals surface area contributed by atoms with Gasteiger partial charge in [0.2, 0.25) is 0 Å². The van der Waals surface area contributed by atoms with Gasteiger partial charge in [0.05, 0.1) is 0 Å². The highest BCUT2D eigenvalue weighted by Gasteiger charge is 2.22. The van der Waals surface area contributed by atoms with Crippen LogP contribution in [0.1, 0.15) is 18.4 Å². The lowest BCUT2D eigenvalue weighted by Crippen LogP contribution is -2.47. The van der Waals surface area contributed by atoms with Crippen LogP contribution in [-0.4, -0.2) is 37.1 Å². The molecule has 3 rings (SSSR count). The third-order valence-corrected chi connectivity index (χ3v) is 4.39. The Hall–Kier alpha value is -1.83. The number of hydrogen-bond acceptors (Lipinski definition) is 2. The second kappa shape index (κ2) is 10.4. The molecule has 26 heavy (non-hydrogen) atoms. The normalized spacial score (nSPS) is 15.3. The quantitative estimate of drug-likeness (QED) is 0.417. The monoisotopic (exact) mass is 469 g/mol. The Morgan fingerprint density at radius 3 is 2.42 bits per heavy atom. The first-order valence-corrected chi connectivity index (χ1v) is 8.67. The van der Waals surface area contributed by atoms with E-state index in [1.54, 1.807) is 19.2 Å². The van der Waals surface area contributed by atoms with Crippen LogP contribution in [0.3, 0.4) is 0 Å². The molecule has 140 valence electrons. The topological polar surface area (TPSA) is 36.9 Å². The van der Waals surface area contributed by atoms with Gasteiger partial charge < -0.3 is 15.0 Å². The van der Waals surface area contributed by atoms with Gasteiger partial charge >= 0.3 is 0 Å². The summed E-state index contributed by atoms with van der Waals surface area (Å²) in [5.74, 6) is 1.53. The molecule has 0 atom stereocenters. The lowest BCUT2D eigenvalue weighted by atomic mass is 10.1. The fraction of sp³-hybridized carbons (Fsp3) is 0.350. The molecule has 0 amide bonds. The van der Waals surface area contributed by atoms with Gasteiger partial charge in [0.25, 0.3) is 0 Å². The van der Waals surface area contributed by atoms with E-state index in [0.29, 0.717) is 12.1 Å². The Bertz CT molecular complexity index is 703. The van der Waals surface area contributed by atoms with Crippen molar-refractivity contribution >= 4 is 29.9 Å². The van der Waals surface area contributed by atoms with Crippen molar-refractivity contribution in [3.8, 4) is 5.75 Å². The Balaban J connectivity index is 0.00000243. The molecule has 6 heteroatoms. The Kier molecular flexibility index (Phi) is 8.15. The Morgan fingerprint density at radius 1 is 1.12 bits per heavy atom. The number of rotatable bonds is 4. The summed E-state index contributed by atoms with van der Waals surface area (Å²) < 4.78 is 19.8. The molecule has 1 aliphatic heterocycles. The molecule has 0 bridgehead atoms. The summed E-state index contributed by atoms with van der Waals surface area (Å²) in [7, 11) is 1.76. The van der Waals surface area contributed by atoms with Crippen molar-refractivity contribution in [2.24, 2.45) is 4.99 Å². The van der Waals surface area contributed by atoms with Gasteiger partial charge in [-0.3, -0.25) is 4.99 Å². The highest BCUT2D eigenvalue weighted by molar-refractivity contribution is 14.0. The van der Waals surface area contributed by atoms with Crippen molar-refractivity contribution in [2.45, 2.75) is 25.5 Å². The first-order valence-electron chi connectivity index (χ1n) is 8.67. The number of piperidine rings is 1. The lowest BCUT2D eigenvalue weighted by molar-refractivity contribution is 0.129. The van der Waals surface area contributed by atoms with E-state index in [0.717, 1.165) is 37.6 Å². The lowest BCUT2D eigenvalue weighted by Gasteiger charge is -2.34. The van der Waals surface area contributed by atoms with Crippen LogP contribution in [0.5, 0.6) is 5.75 Å².